The van der Waals surface area contributed by atoms with E-state index in [1.807, 2.05) is 103 Å². The van der Waals surface area contributed by atoms with Crippen molar-refractivity contribution >= 4 is 17.3 Å². The number of carbonyl (C=O) groups is 1. The third-order valence-electron chi connectivity index (χ3n) is 7.80. The molecule has 4 N–H and O–H groups in total. The molecule has 216 valence electrons. The van der Waals surface area contributed by atoms with Crippen molar-refractivity contribution < 1.29 is 14.3 Å². The summed E-state index contributed by atoms with van der Waals surface area (Å²) in [5.41, 5.74) is 13.8. The molecule has 0 radical (unpaired) electrons. The first-order valence-electron chi connectivity index (χ1n) is 14.2. The van der Waals surface area contributed by atoms with Gasteiger partial charge < -0.3 is 20.9 Å². The predicted molar refractivity (Wildman–Crippen MR) is 165 cm³/mol. The van der Waals surface area contributed by atoms with Crippen LogP contribution in [0.15, 0.2) is 132 Å². The molecule has 0 aliphatic carbocycles. The van der Waals surface area contributed by atoms with Crippen LogP contribution in [0, 0.1) is 0 Å². The van der Waals surface area contributed by atoms with Crippen LogP contribution in [-0.2, 0) is 15.1 Å². The van der Waals surface area contributed by atoms with E-state index in [1.165, 1.54) is 4.57 Å². The maximum absolute atomic E-state index is 14.4. The van der Waals surface area contributed by atoms with E-state index in [9.17, 15) is 9.59 Å². The summed E-state index contributed by atoms with van der Waals surface area (Å²) >= 11 is 0. The maximum Gasteiger partial charge on any atom is 0.351 e. The Bertz CT molecular complexity index is 1720. The predicted octanol–water partition coefficient (Wildman–Crippen LogP) is 5.35. The van der Waals surface area contributed by atoms with Crippen LogP contribution in [0.3, 0.4) is 0 Å². The number of Topliss-reactive ketones (excluding diaryl/α,β-unsaturated/α-hetero) is 1. The Kier molecular flexibility index (Phi) is 7.87. The highest BCUT2D eigenvalue weighted by molar-refractivity contribution is 6.00. The van der Waals surface area contributed by atoms with Gasteiger partial charge in [-0.2, -0.15) is 4.98 Å². The lowest BCUT2D eigenvalue weighted by Gasteiger charge is -2.40. The van der Waals surface area contributed by atoms with Gasteiger partial charge >= 0.3 is 5.69 Å². The summed E-state index contributed by atoms with van der Waals surface area (Å²) in [5, 5.41) is 0. The zero-order chi connectivity index (χ0) is 29.8. The zero-order valence-electron chi connectivity index (χ0n) is 23.5. The fourth-order valence-corrected chi connectivity index (χ4v) is 5.78. The molecule has 0 saturated carbocycles. The Morgan fingerprint density at radius 1 is 0.814 bits per heavy atom. The second-order valence-corrected chi connectivity index (χ2v) is 10.6. The van der Waals surface area contributed by atoms with Gasteiger partial charge in [-0.1, -0.05) is 103 Å². The first kappa shape index (κ1) is 28.1. The number of nitrogens with two attached hydrogens (primary N) is 2. The standard InChI is InChI=1S/C35H32N4O4/c36-28-18-10-17-27(23-28)35(25-13-6-2-7-14-25,26-15-8-3-9-16-26)43-33(32(40)24-11-4-1-5-12-24)29-19-20-31(42-29)39-22-21-30(37)38-34(39)41/h1-18,21-23,29,31,33H,19-20,36H2,(H2,37,38,41)/t29-,31+,33?/m0/s1. The molecule has 6 rings (SSSR count). The van der Waals surface area contributed by atoms with Crippen molar-refractivity contribution in [2.75, 3.05) is 11.5 Å². The number of ketones is 1. The molecule has 4 aromatic carbocycles. The number of nitrogens with zero attached hydrogens (tertiary/aromatic N) is 2. The van der Waals surface area contributed by atoms with Gasteiger partial charge in [0.1, 0.15) is 23.8 Å². The van der Waals surface area contributed by atoms with Gasteiger partial charge in [0, 0.05) is 17.4 Å². The lowest BCUT2D eigenvalue weighted by atomic mass is 9.79. The average molecular weight is 573 g/mol. The van der Waals surface area contributed by atoms with Gasteiger partial charge in [0.15, 0.2) is 5.78 Å². The van der Waals surface area contributed by atoms with Crippen LogP contribution < -0.4 is 17.2 Å². The lowest BCUT2D eigenvalue weighted by Crippen LogP contribution is -2.45. The number of aromatic nitrogens is 2. The summed E-state index contributed by atoms with van der Waals surface area (Å²) in [6.07, 6.45) is 0.177. The molecule has 43 heavy (non-hydrogen) atoms. The number of hydrogen-bond acceptors (Lipinski definition) is 7. The summed E-state index contributed by atoms with van der Waals surface area (Å²) in [6, 6.07) is 37.7. The SMILES string of the molecule is Nc1cccc(C(OC(C(=O)c2ccccc2)[C@@H]2CC[C@H](n3ccc(N)nc3=O)O2)(c2ccccc2)c2ccccc2)c1. The van der Waals surface area contributed by atoms with Crippen LogP contribution in [0.1, 0.15) is 46.1 Å². The van der Waals surface area contributed by atoms with Crippen molar-refractivity contribution in [3.05, 3.63) is 160 Å². The molecule has 1 unspecified atom stereocenters. The Hall–Kier alpha value is -5.05. The number of carbonyl (C=O) groups excluding carboxylic acids is 1. The molecule has 1 aliphatic heterocycles. The fourth-order valence-electron chi connectivity index (χ4n) is 5.78. The number of nitrogen functional groups attached to an aromatic ring is 2. The molecule has 2 heterocycles. The van der Waals surface area contributed by atoms with Crippen molar-refractivity contribution in [2.45, 2.75) is 36.9 Å². The largest absolute Gasteiger partial charge is 0.399 e. The number of hydrogen-bond donors (Lipinski definition) is 2. The number of rotatable bonds is 9. The Labute approximate surface area is 249 Å². The Balaban J connectivity index is 1.51. The maximum atomic E-state index is 14.4. The third kappa shape index (κ3) is 5.58. The molecule has 1 aliphatic rings. The highest BCUT2D eigenvalue weighted by Crippen LogP contribution is 2.44. The molecule has 3 atom stereocenters. The van der Waals surface area contributed by atoms with Gasteiger partial charge in [-0.15, -0.1) is 0 Å². The lowest BCUT2D eigenvalue weighted by molar-refractivity contribution is -0.111. The number of ether oxygens (including phenoxy) is 2. The fraction of sp³-hybridized carbons (Fsp3) is 0.171. The molecule has 8 heteroatoms. The molecule has 1 aromatic heterocycles. The monoisotopic (exact) mass is 572 g/mol. The van der Waals surface area contributed by atoms with Crippen LogP contribution in [0.2, 0.25) is 0 Å². The highest BCUT2D eigenvalue weighted by atomic mass is 16.6. The van der Waals surface area contributed by atoms with Crippen LogP contribution >= 0.6 is 0 Å². The molecular weight excluding hydrogens is 540 g/mol. The highest BCUT2D eigenvalue weighted by Gasteiger charge is 2.46. The van der Waals surface area contributed by atoms with Gasteiger partial charge in [0.25, 0.3) is 0 Å². The quantitative estimate of drug-likeness (QED) is 0.139. The van der Waals surface area contributed by atoms with Crippen molar-refractivity contribution in [1.29, 1.82) is 0 Å². The van der Waals surface area contributed by atoms with E-state index in [1.54, 1.807) is 24.4 Å². The second-order valence-electron chi connectivity index (χ2n) is 10.6. The van der Waals surface area contributed by atoms with Crippen LogP contribution in [-0.4, -0.2) is 27.5 Å². The Morgan fingerprint density at radius 2 is 1.42 bits per heavy atom. The van der Waals surface area contributed by atoms with Crippen LogP contribution in [0.25, 0.3) is 0 Å². The van der Waals surface area contributed by atoms with E-state index < -0.39 is 29.7 Å². The molecular formula is C35H32N4O4. The van der Waals surface area contributed by atoms with Gasteiger partial charge in [0.05, 0.1) is 6.10 Å². The second kappa shape index (κ2) is 12.1. The molecule has 5 aromatic rings. The topological polar surface area (TPSA) is 122 Å². The summed E-state index contributed by atoms with van der Waals surface area (Å²) in [5.74, 6) is -0.0944. The van der Waals surface area contributed by atoms with Crippen molar-refractivity contribution in [1.82, 2.24) is 9.55 Å². The normalized spacial score (nSPS) is 17.4. The van der Waals surface area contributed by atoms with Gasteiger partial charge in [0.2, 0.25) is 0 Å². The molecule has 1 saturated heterocycles. The summed E-state index contributed by atoms with van der Waals surface area (Å²) in [7, 11) is 0. The zero-order valence-corrected chi connectivity index (χ0v) is 23.5. The van der Waals surface area contributed by atoms with Gasteiger partial charge in [-0.25, -0.2) is 4.79 Å². The summed E-state index contributed by atoms with van der Waals surface area (Å²) < 4.78 is 15.1. The van der Waals surface area contributed by atoms with E-state index in [4.69, 9.17) is 20.9 Å². The summed E-state index contributed by atoms with van der Waals surface area (Å²) in [4.78, 5) is 30.9. The third-order valence-corrected chi connectivity index (χ3v) is 7.80. The number of benzene rings is 4. The van der Waals surface area contributed by atoms with Gasteiger partial charge in [-0.3, -0.25) is 9.36 Å². The first-order chi connectivity index (χ1) is 21.0. The van der Waals surface area contributed by atoms with Crippen molar-refractivity contribution in [2.24, 2.45) is 0 Å². The van der Waals surface area contributed by atoms with E-state index in [0.717, 1.165) is 16.7 Å². The number of anilines is 2. The molecule has 0 amide bonds. The molecule has 1 fully saturated rings. The molecule has 0 bridgehead atoms. The van der Waals surface area contributed by atoms with E-state index in [-0.39, 0.29) is 11.6 Å². The van der Waals surface area contributed by atoms with Gasteiger partial charge in [-0.05, 0) is 47.7 Å². The van der Waals surface area contributed by atoms with Crippen LogP contribution in [0.5, 0.6) is 0 Å². The van der Waals surface area contributed by atoms with E-state index >= 15 is 0 Å². The minimum Gasteiger partial charge on any atom is -0.399 e. The molecule has 0 spiro atoms. The minimum atomic E-state index is -1.23. The average Bonchev–Trinajstić information content (AvgIpc) is 3.52. The summed E-state index contributed by atoms with van der Waals surface area (Å²) in [6.45, 7) is 0. The van der Waals surface area contributed by atoms with Crippen LogP contribution in [0.4, 0.5) is 11.5 Å². The smallest absolute Gasteiger partial charge is 0.351 e. The van der Waals surface area contributed by atoms with E-state index in [2.05, 4.69) is 4.98 Å². The van der Waals surface area contributed by atoms with Crippen molar-refractivity contribution in [3.63, 3.8) is 0 Å². The van der Waals surface area contributed by atoms with Crippen molar-refractivity contribution in [3.8, 4) is 0 Å². The molecule has 8 nitrogen and oxygen atoms in total. The first-order valence-corrected chi connectivity index (χ1v) is 14.2. The van der Waals surface area contributed by atoms with E-state index in [0.29, 0.717) is 24.1 Å². The minimum absolute atomic E-state index is 0.133. The Morgan fingerprint density at radius 3 is 2.02 bits per heavy atom.